The minimum Gasteiger partial charge on any atom is -0.378 e. The van der Waals surface area contributed by atoms with Gasteiger partial charge in [-0.1, -0.05) is 24.3 Å². The molecule has 1 aliphatic rings. The zero-order valence-electron chi connectivity index (χ0n) is 12.9. The lowest BCUT2D eigenvalue weighted by Crippen LogP contribution is -2.11. The highest BCUT2D eigenvalue weighted by Gasteiger charge is 2.14. The van der Waals surface area contributed by atoms with E-state index in [0.29, 0.717) is 6.04 Å². The Morgan fingerprint density at radius 2 is 1.76 bits per heavy atom. The SMILES string of the molecule is CSc1ccc(C(C)Nc2cccc3c2CCCC3)cc1. The van der Waals surface area contributed by atoms with Crippen molar-refractivity contribution >= 4 is 17.4 Å². The molecule has 0 fully saturated rings. The average molecular weight is 297 g/mol. The molecule has 1 unspecified atom stereocenters. The molecule has 0 spiro atoms. The summed E-state index contributed by atoms with van der Waals surface area (Å²) in [5, 5.41) is 3.72. The van der Waals surface area contributed by atoms with Crippen LogP contribution >= 0.6 is 11.8 Å². The second-order valence-corrected chi connectivity index (χ2v) is 6.67. The summed E-state index contributed by atoms with van der Waals surface area (Å²) in [6, 6.07) is 15.9. The first-order chi connectivity index (χ1) is 10.3. The average Bonchev–Trinajstić information content (AvgIpc) is 2.55. The molecule has 0 heterocycles. The summed E-state index contributed by atoms with van der Waals surface area (Å²) >= 11 is 1.79. The van der Waals surface area contributed by atoms with Crippen LogP contribution in [0, 0.1) is 0 Å². The van der Waals surface area contributed by atoms with Crippen LogP contribution in [-0.2, 0) is 12.8 Å². The molecule has 1 nitrogen and oxygen atoms in total. The van der Waals surface area contributed by atoms with Gasteiger partial charge in [-0.2, -0.15) is 0 Å². The van der Waals surface area contributed by atoms with Gasteiger partial charge in [0.1, 0.15) is 0 Å². The molecule has 2 aromatic carbocycles. The molecule has 0 saturated carbocycles. The lowest BCUT2D eigenvalue weighted by Gasteiger charge is -2.23. The highest BCUT2D eigenvalue weighted by atomic mass is 32.2. The van der Waals surface area contributed by atoms with E-state index in [2.05, 4.69) is 61.0 Å². The third-order valence-corrected chi connectivity index (χ3v) is 5.13. The van der Waals surface area contributed by atoms with Crippen molar-refractivity contribution in [3.8, 4) is 0 Å². The maximum atomic E-state index is 3.72. The van der Waals surface area contributed by atoms with Gasteiger partial charge < -0.3 is 5.32 Å². The van der Waals surface area contributed by atoms with Crippen molar-refractivity contribution in [1.29, 1.82) is 0 Å². The largest absolute Gasteiger partial charge is 0.378 e. The van der Waals surface area contributed by atoms with E-state index < -0.39 is 0 Å². The first-order valence-electron chi connectivity index (χ1n) is 7.79. The molecule has 1 atom stereocenters. The molecule has 0 radical (unpaired) electrons. The summed E-state index contributed by atoms with van der Waals surface area (Å²) in [4.78, 5) is 1.32. The summed E-state index contributed by atoms with van der Waals surface area (Å²) < 4.78 is 0. The van der Waals surface area contributed by atoms with E-state index in [9.17, 15) is 0 Å². The topological polar surface area (TPSA) is 12.0 Å². The maximum Gasteiger partial charge on any atom is 0.0485 e. The number of rotatable bonds is 4. The maximum absolute atomic E-state index is 3.72. The third kappa shape index (κ3) is 3.26. The van der Waals surface area contributed by atoms with Gasteiger partial charge in [-0.15, -0.1) is 11.8 Å². The minimum absolute atomic E-state index is 0.342. The van der Waals surface area contributed by atoms with Gasteiger partial charge in [0.05, 0.1) is 0 Å². The van der Waals surface area contributed by atoms with Crippen molar-refractivity contribution in [2.75, 3.05) is 11.6 Å². The predicted octanol–water partition coefficient (Wildman–Crippen LogP) is 5.46. The van der Waals surface area contributed by atoms with Crippen LogP contribution in [0.25, 0.3) is 0 Å². The molecule has 0 saturated heterocycles. The molecule has 0 aromatic heterocycles. The van der Waals surface area contributed by atoms with E-state index in [1.54, 1.807) is 11.8 Å². The standard InChI is InChI=1S/C19H23NS/c1-14(15-10-12-17(21-2)13-11-15)20-19-9-5-7-16-6-3-4-8-18(16)19/h5,7,9-14,20H,3-4,6,8H2,1-2H3. The van der Waals surface area contributed by atoms with Crippen LogP contribution in [0.15, 0.2) is 47.4 Å². The van der Waals surface area contributed by atoms with Gasteiger partial charge in [-0.05, 0) is 73.8 Å². The van der Waals surface area contributed by atoms with Gasteiger partial charge in [0, 0.05) is 16.6 Å². The monoisotopic (exact) mass is 297 g/mol. The van der Waals surface area contributed by atoms with Crippen LogP contribution in [0.4, 0.5) is 5.69 Å². The number of nitrogens with one attached hydrogen (secondary N) is 1. The Bertz CT molecular complexity index is 603. The smallest absolute Gasteiger partial charge is 0.0485 e. The van der Waals surface area contributed by atoms with Crippen molar-refractivity contribution in [2.24, 2.45) is 0 Å². The molecule has 1 aliphatic carbocycles. The Kier molecular flexibility index (Phi) is 4.54. The van der Waals surface area contributed by atoms with Crippen molar-refractivity contribution in [3.63, 3.8) is 0 Å². The number of fused-ring (bicyclic) bond motifs is 1. The van der Waals surface area contributed by atoms with Crippen molar-refractivity contribution in [2.45, 2.75) is 43.5 Å². The van der Waals surface area contributed by atoms with Crippen molar-refractivity contribution in [3.05, 3.63) is 59.2 Å². The van der Waals surface area contributed by atoms with Crippen LogP contribution in [0.2, 0.25) is 0 Å². The summed E-state index contributed by atoms with van der Waals surface area (Å²) in [7, 11) is 0. The molecule has 2 aromatic rings. The number of hydrogen-bond donors (Lipinski definition) is 1. The Morgan fingerprint density at radius 3 is 2.52 bits per heavy atom. The molecule has 110 valence electrons. The fourth-order valence-electron chi connectivity index (χ4n) is 3.13. The molecular formula is C19H23NS. The normalized spacial score (nSPS) is 15.3. The number of anilines is 1. The third-order valence-electron chi connectivity index (χ3n) is 4.38. The van der Waals surface area contributed by atoms with Crippen LogP contribution in [0.3, 0.4) is 0 Å². The molecule has 0 amide bonds. The number of benzene rings is 2. The molecule has 0 bridgehead atoms. The predicted molar refractivity (Wildman–Crippen MR) is 93.3 cm³/mol. The Hall–Kier alpha value is -1.41. The van der Waals surface area contributed by atoms with E-state index in [4.69, 9.17) is 0 Å². The Balaban J connectivity index is 1.79. The lowest BCUT2D eigenvalue weighted by molar-refractivity contribution is 0.685. The van der Waals surface area contributed by atoms with Crippen LogP contribution in [0.1, 0.15) is 42.5 Å². The second-order valence-electron chi connectivity index (χ2n) is 5.79. The molecule has 21 heavy (non-hydrogen) atoms. The second kappa shape index (κ2) is 6.57. The fraction of sp³-hybridized carbons (Fsp3) is 0.368. The van der Waals surface area contributed by atoms with E-state index in [-0.39, 0.29) is 0 Å². The van der Waals surface area contributed by atoms with E-state index in [0.717, 1.165) is 0 Å². The van der Waals surface area contributed by atoms with E-state index in [1.807, 2.05) is 0 Å². The highest BCUT2D eigenvalue weighted by Crippen LogP contribution is 2.30. The van der Waals surface area contributed by atoms with Crippen LogP contribution < -0.4 is 5.32 Å². The van der Waals surface area contributed by atoms with Crippen LogP contribution in [-0.4, -0.2) is 6.26 Å². The van der Waals surface area contributed by atoms with Crippen molar-refractivity contribution < 1.29 is 0 Å². The zero-order valence-corrected chi connectivity index (χ0v) is 13.7. The van der Waals surface area contributed by atoms with Gasteiger partial charge >= 0.3 is 0 Å². The summed E-state index contributed by atoms with van der Waals surface area (Å²) in [5.41, 5.74) is 5.75. The number of hydrogen-bond acceptors (Lipinski definition) is 2. The van der Waals surface area contributed by atoms with Gasteiger partial charge in [0.15, 0.2) is 0 Å². The molecule has 0 aliphatic heterocycles. The molecule has 3 rings (SSSR count). The highest BCUT2D eigenvalue weighted by molar-refractivity contribution is 7.98. The molecule has 2 heteroatoms. The first kappa shape index (κ1) is 14.5. The Labute approximate surface area is 132 Å². The quantitative estimate of drug-likeness (QED) is 0.752. The van der Waals surface area contributed by atoms with E-state index in [1.165, 1.54) is 53.0 Å². The summed E-state index contributed by atoms with van der Waals surface area (Å²) in [6.45, 7) is 2.25. The van der Waals surface area contributed by atoms with Crippen LogP contribution in [0.5, 0.6) is 0 Å². The van der Waals surface area contributed by atoms with Gasteiger partial charge in [-0.3, -0.25) is 0 Å². The lowest BCUT2D eigenvalue weighted by atomic mass is 9.90. The zero-order chi connectivity index (χ0) is 14.7. The molecule has 1 N–H and O–H groups in total. The van der Waals surface area contributed by atoms with Gasteiger partial charge in [0.2, 0.25) is 0 Å². The summed E-state index contributed by atoms with van der Waals surface area (Å²) in [5.74, 6) is 0. The first-order valence-corrected chi connectivity index (χ1v) is 9.01. The van der Waals surface area contributed by atoms with Gasteiger partial charge in [-0.25, -0.2) is 0 Å². The van der Waals surface area contributed by atoms with Crippen molar-refractivity contribution in [1.82, 2.24) is 0 Å². The van der Waals surface area contributed by atoms with E-state index >= 15 is 0 Å². The fourth-order valence-corrected chi connectivity index (χ4v) is 3.53. The Morgan fingerprint density at radius 1 is 1.00 bits per heavy atom. The van der Waals surface area contributed by atoms with Gasteiger partial charge in [0.25, 0.3) is 0 Å². The molecular weight excluding hydrogens is 274 g/mol. The summed E-state index contributed by atoms with van der Waals surface area (Å²) in [6.07, 6.45) is 7.23. The number of thioether (sulfide) groups is 1. The minimum atomic E-state index is 0.342. The number of aryl methyl sites for hydroxylation is 1.